The maximum atomic E-state index is 4.26. The fourth-order valence-electron chi connectivity index (χ4n) is 1.89. The van der Waals surface area contributed by atoms with Gasteiger partial charge in [-0.2, -0.15) is 0 Å². The molecular formula is C11H15BrN2. The van der Waals surface area contributed by atoms with Gasteiger partial charge in [0.25, 0.3) is 0 Å². The average molecular weight is 255 g/mol. The van der Waals surface area contributed by atoms with Crippen molar-refractivity contribution >= 4 is 21.6 Å². The Morgan fingerprint density at radius 1 is 1.50 bits per heavy atom. The van der Waals surface area contributed by atoms with Gasteiger partial charge in [0.2, 0.25) is 0 Å². The molecule has 1 fully saturated rings. The number of anilines is 1. The highest BCUT2D eigenvalue weighted by Crippen LogP contribution is 2.31. The second kappa shape index (κ2) is 3.89. The Morgan fingerprint density at radius 2 is 2.21 bits per heavy atom. The first kappa shape index (κ1) is 9.97. The van der Waals surface area contributed by atoms with E-state index < -0.39 is 0 Å². The Labute approximate surface area is 93.3 Å². The highest BCUT2D eigenvalue weighted by atomic mass is 79.9. The molecule has 2 nitrogen and oxygen atoms in total. The van der Waals surface area contributed by atoms with E-state index in [9.17, 15) is 0 Å². The van der Waals surface area contributed by atoms with Crippen LogP contribution < -0.4 is 5.32 Å². The zero-order valence-electron chi connectivity index (χ0n) is 8.55. The van der Waals surface area contributed by atoms with Crippen LogP contribution in [0.15, 0.2) is 16.9 Å². The zero-order chi connectivity index (χ0) is 10.1. The number of aryl methyl sites for hydroxylation is 1. The molecule has 0 bridgehead atoms. The van der Waals surface area contributed by atoms with Gasteiger partial charge in [-0.25, -0.2) is 4.98 Å². The number of nitrogens with one attached hydrogen (secondary N) is 1. The minimum Gasteiger partial charge on any atom is -0.380 e. The molecule has 1 saturated carbocycles. The molecule has 0 aromatic carbocycles. The van der Waals surface area contributed by atoms with Crippen LogP contribution in [-0.2, 0) is 0 Å². The second-order valence-electron chi connectivity index (χ2n) is 4.27. The van der Waals surface area contributed by atoms with E-state index in [1.165, 1.54) is 18.4 Å². The van der Waals surface area contributed by atoms with Crippen LogP contribution in [0.3, 0.4) is 0 Å². The van der Waals surface area contributed by atoms with E-state index in [0.29, 0.717) is 6.04 Å². The molecule has 76 valence electrons. The van der Waals surface area contributed by atoms with Crippen LogP contribution in [-0.4, -0.2) is 11.0 Å². The predicted octanol–water partition coefficient (Wildman–Crippen LogP) is 3.36. The molecule has 0 atom stereocenters. The number of aromatic nitrogens is 1. The fraction of sp³-hybridized carbons (Fsp3) is 0.545. The smallest absolute Gasteiger partial charge is 0.129 e. The van der Waals surface area contributed by atoms with E-state index in [-0.39, 0.29) is 0 Å². The Balaban J connectivity index is 2.05. The van der Waals surface area contributed by atoms with Crippen LogP contribution in [0, 0.1) is 12.8 Å². The predicted molar refractivity (Wildman–Crippen MR) is 62.5 cm³/mol. The highest BCUT2D eigenvalue weighted by Gasteiger charge is 2.25. The van der Waals surface area contributed by atoms with E-state index in [2.05, 4.69) is 46.1 Å². The Kier molecular flexibility index (Phi) is 2.77. The summed E-state index contributed by atoms with van der Waals surface area (Å²) in [5.74, 6) is 0.879. The molecule has 2 rings (SSSR count). The van der Waals surface area contributed by atoms with Crippen LogP contribution in [0.25, 0.3) is 0 Å². The number of nitrogens with zero attached hydrogens (tertiary/aromatic N) is 1. The largest absolute Gasteiger partial charge is 0.380 e. The van der Waals surface area contributed by atoms with Gasteiger partial charge in [-0.15, -0.1) is 0 Å². The van der Waals surface area contributed by atoms with E-state index in [1.807, 2.05) is 6.20 Å². The van der Waals surface area contributed by atoms with Crippen molar-refractivity contribution in [1.29, 1.82) is 0 Å². The number of hydrogen-bond acceptors (Lipinski definition) is 2. The van der Waals surface area contributed by atoms with E-state index in [0.717, 1.165) is 16.2 Å². The minimum absolute atomic E-state index is 0.643. The summed E-state index contributed by atoms with van der Waals surface area (Å²) in [6.07, 6.45) is 4.43. The van der Waals surface area contributed by atoms with E-state index in [4.69, 9.17) is 0 Å². The van der Waals surface area contributed by atoms with Crippen molar-refractivity contribution in [1.82, 2.24) is 4.98 Å². The summed E-state index contributed by atoms with van der Waals surface area (Å²) in [5.41, 5.74) is 2.32. The summed E-state index contributed by atoms with van der Waals surface area (Å²) in [6.45, 7) is 4.36. The first-order valence-corrected chi connectivity index (χ1v) is 5.83. The van der Waals surface area contributed by atoms with Gasteiger partial charge in [0.15, 0.2) is 0 Å². The van der Waals surface area contributed by atoms with Gasteiger partial charge in [-0.05, 0) is 53.2 Å². The van der Waals surface area contributed by atoms with Crippen LogP contribution in [0.1, 0.15) is 25.3 Å². The van der Waals surface area contributed by atoms with Gasteiger partial charge in [0.1, 0.15) is 4.60 Å². The van der Waals surface area contributed by atoms with Gasteiger partial charge < -0.3 is 5.32 Å². The van der Waals surface area contributed by atoms with Crippen LogP contribution in [0.2, 0.25) is 0 Å². The van der Waals surface area contributed by atoms with Crippen molar-refractivity contribution in [2.24, 2.45) is 5.92 Å². The molecule has 0 saturated heterocycles. The summed E-state index contributed by atoms with van der Waals surface area (Å²) >= 11 is 3.45. The van der Waals surface area contributed by atoms with Gasteiger partial charge >= 0.3 is 0 Å². The third-order valence-corrected chi connectivity index (χ3v) is 3.34. The van der Waals surface area contributed by atoms with Gasteiger partial charge in [-0.3, -0.25) is 0 Å². The lowest BCUT2D eigenvalue weighted by molar-refractivity contribution is 0.309. The van der Waals surface area contributed by atoms with Crippen molar-refractivity contribution < 1.29 is 0 Å². The molecule has 1 N–H and O–H groups in total. The lowest BCUT2D eigenvalue weighted by Crippen LogP contribution is -2.33. The summed E-state index contributed by atoms with van der Waals surface area (Å²) in [6, 6.07) is 2.78. The average Bonchev–Trinajstić information content (AvgIpc) is 2.09. The molecule has 1 heterocycles. The lowest BCUT2D eigenvalue weighted by Gasteiger charge is -2.34. The van der Waals surface area contributed by atoms with Crippen molar-refractivity contribution in [3.63, 3.8) is 0 Å². The summed E-state index contributed by atoms with van der Waals surface area (Å²) in [4.78, 5) is 4.26. The molecule has 0 spiro atoms. The van der Waals surface area contributed by atoms with Crippen LogP contribution in [0.4, 0.5) is 5.69 Å². The molecule has 0 aliphatic heterocycles. The molecule has 14 heavy (non-hydrogen) atoms. The molecule has 1 aromatic rings. The van der Waals surface area contributed by atoms with Crippen molar-refractivity contribution in [2.45, 2.75) is 32.7 Å². The van der Waals surface area contributed by atoms with Crippen molar-refractivity contribution in [2.75, 3.05) is 5.32 Å². The minimum atomic E-state index is 0.643. The van der Waals surface area contributed by atoms with E-state index >= 15 is 0 Å². The van der Waals surface area contributed by atoms with Gasteiger partial charge in [0, 0.05) is 12.2 Å². The number of rotatable bonds is 2. The first-order valence-electron chi connectivity index (χ1n) is 5.04. The summed E-state index contributed by atoms with van der Waals surface area (Å²) in [7, 11) is 0. The summed E-state index contributed by atoms with van der Waals surface area (Å²) < 4.78 is 0.919. The van der Waals surface area contributed by atoms with Crippen LogP contribution in [0.5, 0.6) is 0 Å². The van der Waals surface area contributed by atoms with Crippen molar-refractivity contribution in [3.8, 4) is 0 Å². The maximum absolute atomic E-state index is 4.26. The van der Waals surface area contributed by atoms with Gasteiger partial charge in [0.05, 0.1) is 5.69 Å². The SMILES string of the molecule is Cc1cnc(Br)c(NC2CC(C)C2)c1. The van der Waals surface area contributed by atoms with Crippen LogP contribution >= 0.6 is 15.9 Å². The summed E-state index contributed by atoms with van der Waals surface area (Å²) in [5, 5.41) is 3.51. The molecule has 1 aromatic heterocycles. The van der Waals surface area contributed by atoms with Gasteiger partial charge in [-0.1, -0.05) is 6.92 Å². The quantitative estimate of drug-likeness (QED) is 0.819. The Hall–Kier alpha value is -0.570. The molecule has 3 heteroatoms. The van der Waals surface area contributed by atoms with E-state index in [1.54, 1.807) is 0 Å². The normalized spacial score (nSPS) is 25.6. The number of hydrogen-bond donors (Lipinski definition) is 1. The second-order valence-corrected chi connectivity index (χ2v) is 5.02. The maximum Gasteiger partial charge on any atom is 0.129 e. The molecule has 0 amide bonds. The highest BCUT2D eigenvalue weighted by molar-refractivity contribution is 9.10. The zero-order valence-corrected chi connectivity index (χ0v) is 10.1. The number of halogens is 1. The monoisotopic (exact) mass is 254 g/mol. The molecule has 0 radical (unpaired) electrons. The fourth-order valence-corrected chi connectivity index (χ4v) is 2.23. The Bertz CT molecular complexity index is 332. The number of pyridine rings is 1. The third kappa shape index (κ3) is 2.08. The molecular weight excluding hydrogens is 240 g/mol. The molecule has 0 unspecified atom stereocenters. The third-order valence-electron chi connectivity index (χ3n) is 2.71. The van der Waals surface area contributed by atoms with Crippen molar-refractivity contribution in [3.05, 3.63) is 22.4 Å². The molecule has 1 aliphatic carbocycles. The molecule has 1 aliphatic rings. The standard InChI is InChI=1S/C11H15BrN2/c1-7-3-9(4-7)14-10-5-8(2)6-13-11(10)12/h5-7,9,14H,3-4H2,1-2H3. The Morgan fingerprint density at radius 3 is 2.86 bits per heavy atom. The lowest BCUT2D eigenvalue weighted by atomic mass is 9.82. The topological polar surface area (TPSA) is 24.9 Å². The first-order chi connectivity index (χ1) is 6.65.